The Labute approximate surface area is 104 Å². The molecular formula is C10H15BrClN3. The lowest BCUT2D eigenvalue weighted by Crippen LogP contribution is -2.36. The number of nitrogens with zero attached hydrogens (tertiary/aromatic N) is 1. The number of hydrogen-bond donors (Lipinski definition) is 2. The van der Waals surface area contributed by atoms with Crippen molar-refractivity contribution in [2.75, 3.05) is 5.88 Å². The van der Waals surface area contributed by atoms with Gasteiger partial charge in [-0.2, -0.15) is 0 Å². The predicted octanol–water partition coefficient (Wildman–Crippen LogP) is 2.24. The van der Waals surface area contributed by atoms with E-state index >= 15 is 0 Å². The molecule has 0 bridgehead atoms. The van der Waals surface area contributed by atoms with Crippen LogP contribution in [0.15, 0.2) is 22.9 Å². The van der Waals surface area contributed by atoms with Crippen LogP contribution < -0.4 is 11.3 Å². The summed E-state index contributed by atoms with van der Waals surface area (Å²) in [4.78, 5) is 4.11. The first-order valence-electron chi connectivity index (χ1n) is 4.87. The zero-order valence-corrected chi connectivity index (χ0v) is 10.8. The minimum Gasteiger partial charge on any atom is -0.271 e. The van der Waals surface area contributed by atoms with E-state index in [4.69, 9.17) is 17.4 Å². The summed E-state index contributed by atoms with van der Waals surface area (Å²) in [6.45, 7) is 0. The number of aromatic nitrogens is 1. The fourth-order valence-corrected chi connectivity index (χ4v) is 1.99. The first kappa shape index (κ1) is 12.9. The molecule has 0 aliphatic heterocycles. The minimum atomic E-state index is 0.264. The van der Waals surface area contributed by atoms with Crippen molar-refractivity contribution in [3.63, 3.8) is 0 Å². The molecule has 0 amide bonds. The van der Waals surface area contributed by atoms with E-state index in [1.165, 1.54) is 5.56 Å². The third-order valence-electron chi connectivity index (χ3n) is 2.17. The molecule has 0 aliphatic rings. The summed E-state index contributed by atoms with van der Waals surface area (Å²) in [6.07, 6.45) is 6.45. The van der Waals surface area contributed by atoms with Gasteiger partial charge in [0.1, 0.15) is 0 Å². The second-order valence-corrected chi connectivity index (χ2v) is 4.70. The Balaban J connectivity index is 2.50. The maximum Gasteiger partial charge on any atom is 0.0410 e. The lowest BCUT2D eigenvalue weighted by Gasteiger charge is -2.14. The average molecular weight is 293 g/mol. The van der Waals surface area contributed by atoms with E-state index in [2.05, 4.69) is 32.4 Å². The van der Waals surface area contributed by atoms with Crippen LogP contribution in [0.2, 0.25) is 0 Å². The Kier molecular flexibility index (Phi) is 6.17. The highest BCUT2D eigenvalue weighted by molar-refractivity contribution is 9.10. The molecule has 0 aromatic carbocycles. The fourth-order valence-electron chi connectivity index (χ4n) is 1.42. The van der Waals surface area contributed by atoms with Crippen molar-refractivity contribution in [2.24, 2.45) is 5.84 Å². The first-order chi connectivity index (χ1) is 7.26. The van der Waals surface area contributed by atoms with Gasteiger partial charge in [-0.15, -0.1) is 11.6 Å². The van der Waals surface area contributed by atoms with E-state index in [1.54, 1.807) is 6.20 Å². The third-order valence-corrected chi connectivity index (χ3v) is 2.87. The molecule has 0 aliphatic carbocycles. The number of alkyl halides is 1. The van der Waals surface area contributed by atoms with Crippen LogP contribution in [0.4, 0.5) is 0 Å². The third kappa shape index (κ3) is 4.93. The number of rotatable bonds is 6. The summed E-state index contributed by atoms with van der Waals surface area (Å²) in [6, 6.07) is 2.32. The van der Waals surface area contributed by atoms with E-state index in [0.29, 0.717) is 5.88 Å². The molecule has 1 unspecified atom stereocenters. The Hall–Kier alpha value is -0.160. The van der Waals surface area contributed by atoms with Crippen molar-refractivity contribution < 1.29 is 0 Å². The molecule has 0 fully saturated rings. The first-order valence-corrected chi connectivity index (χ1v) is 6.20. The van der Waals surface area contributed by atoms with E-state index in [1.807, 2.05) is 6.20 Å². The van der Waals surface area contributed by atoms with Crippen LogP contribution in [0.25, 0.3) is 0 Å². The van der Waals surface area contributed by atoms with Crippen LogP contribution in [0.5, 0.6) is 0 Å². The van der Waals surface area contributed by atoms with Crippen molar-refractivity contribution in [2.45, 2.75) is 25.3 Å². The smallest absolute Gasteiger partial charge is 0.0410 e. The van der Waals surface area contributed by atoms with Gasteiger partial charge >= 0.3 is 0 Å². The molecule has 0 radical (unpaired) electrons. The molecule has 3 N–H and O–H groups in total. The number of nitrogens with one attached hydrogen (secondary N) is 1. The summed E-state index contributed by atoms with van der Waals surface area (Å²) in [7, 11) is 0. The monoisotopic (exact) mass is 291 g/mol. The molecular weight excluding hydrogens is 277 g/mol. The number of nitrogens with two attached hydrogens (primary N) is 1. The van der Waals surface area contributed by atoms with Crippen molar-refractivity contribution in [1.29, 1.82) is 0 Å². The van der Waals surface area contributed by atoms with Gasteiger partial charge < -0.3 is 0 Å². The SMILES string of the molecule is NNC(CCCCl)Cc1cncc(Br)c1. The van der Waals surface area contributed by atoms with Crippen LogP contribution in [-0.4, -0.2) is 16.9 Å². The summed E-state index contributed by atoms with van der Waals surface area (Å²) in [5.41, 5.74) is 3.97. The second-order valence-electron chi connectivity index (χ2n) is 3.41. The number of hydrazine groups is 1. The lowest BCUT2D eigenvalue weighted by molar-refractivity contribution is 0.486. The predicted molar refractivity (Wildman–Crippen MR) is 66.7 cm³/mol. The minimum absolute atomic E-state index is 0.264. The van der Waals surface area contributed by atoms with E-state index in [0.717, 1.165) is 23.7 Å². The molecule has 1 rings (SSSR count). The highest BCUT2D eigenvalue weighted by Crippen LogP contribution is 2.12. The molecule has 1 heterocycles. The zero-order valence-electron chi connectivity index (χ0n) is 8.42. The van der Waals surface area contributed by atoms with Crippen molar-refractivity contribution in [1.82, 2.24) is 10.4 Å². The van der Waals surface area contributed by atoms with Crippen molar-refractivity contribution >= 4 is 27.5 Å². The highest BCUT2D eigenvalue weighted by Gasteiger charge is 2.07. The van der Waals surface area contributed by atoms with Gasteiger partial charge in [-0.05, 0) is 46.8 Å². The molecule has 0 saturated carbocycles. The maximum atomic E-state index is 5.64. The van der Waals surface area contributed by atoms with Crippen LogP contribution in [0.3, 0.4) is 0 Å². The highest BCUT2D eigenvalue weighted by atomic mass is 79.9. The summed E-state index contributed by atoms with van der Waals surface area (Å²) >= 11 is 9.03. The molecule has 5 heteroatoms. The Morgan fingerprint density at radius 2 is 2.33 bits per heavy atom. The van der Waals surface area contributed by atoms with Crippen molar-refractivity contribution in [3.8, 4) is 0 Å². The molecule has 1 atom stereocenters. The Bertz CT molecular complexity index is 296. The standard InChI is InChI=1S/C10H15BrClN3/c11-9-4-8(6-14-7-9)5-10(15-13)2-1-3-12/h4,6-7,10,15H,1-3,5,13H2. The van der Waals surface area contributed by atoms with E-state index < -0.39 is 0 Å². The van der Waals surface area contributed by atoms with Gasteiger partial charge in [0.2, 0.25) is 0 Å². The lowest BCUT2D eigenvalue weighted by atomic mass is 10.0. The quantitative estimate of drug-likeness (QED) is 0.480. The van der Waals surface area contributed by atoms with Gasteiger partial charge in [0.15, 0.2) is 0 Å². The van der Waals surface area contributed by atoms with Crippen LogP contribution in [0, 0.1) is 0 Å². The molecule has 0 spiro atoms. The van der Waals surface area contributed by atoms with Crippen LogP contribution in [0.1, 0.15) is 18.4 Å². The van der Waals surface area contributed by atoms with Crippen LogP contribution in [-0.2, 0) is 6.42 Å². The number of halogens is 2. The molecule has 3 nitrogen and oxygen atoms in total. The normalized spacial score (nSPS) is 12.7. The summed E-state index contributed by atoms with van der Waals surface area (Å²) in [5.74, 6) is 6.15. The fraction of sp³-hybridized carbons (Fsp3) is 0.500. The Morgan fingerprint density at radius 3 is 2.93 bits per heavy atom. The van der Waals surface area contributed by atoms with Gasteiger partial charge in [0.05, 0.1) is 0 Å². The van der Waals surface area contributed by atoms with E-state index in [-0.39, 0.29) is 6.04 Å². The summed E-state index contributed by atoms with van der Waals surface area (Å²) < 4.78 is 0.994. The topological polar surface area (TPSA) is 50.9 Å². The molecule has 1 aromatic rings. The van der Waals surface area contributed by atoms with Gasteiger partial charge in [-0.3, -0.25) is 16.3 Å². The molecule has 84 valence electrons. The second kappa shape index (κ2) is 7.17. The van der Waals surface area contributed by atoms with Gasteiger partial charge in [-0.25, -0.2) is 0 Å². The molecule has 1 aromatic heterocycles. The molecule has 15 heavy (non-hydrogen) atoms. The number of hydrogen-bond acceptors (Lipinski definition) is 3. The van der Waals surface area contributed by atoms with Crippen molar-refractivity contribution in [3.05, 3.63) is 28.5 Å². The molecule has 0 saturated heterocycles. The van der Waals surface area contributed by atoms with E-state index in [9.17, 15) is 0 Å². The summed E-state index contributed by atoms with van der Waals surface area (Å²) in [5, 5.41) is 0. The number of pyridine rings is 1. The Morgan fingerprint density at radius 1 is 1.53 bits per heavy atom. The zero-order chi connectivity index (χ0) is 11.1. The largest absolute Gasteiger partial charge is 0.271 e. The van der Waals surface area contributed by atoms with Crippen LogP contribution >= 0.6 is 27.5 Å². The van der Waals surface area contributed by atoms with Gasteiger partial charge in [0.25, 0.3) is 0 Å². The maximum absolute atomic E-state index is 5.64. The van der Waals surface area contributed by atoms with Gasteiger partial charge in [0, 0.05) is 28.8 Å². The average Bonchev–Trinajstić information content (AvgIpc) is 2.24. The van der Waals surface area contributed by atoms with Gasteiger partial charge in [-0.1, -0.05) is 0 Å².